The summed E-state index contributed by atoms with van der Waals surface area (Å²) in [7, 11) is 0. The molecule has 700 valence electrons. The summed E-state index contributed by atoms with van der Waals surface area (Å²) in [4.78, 5) is 50.6. The Labute approximate surface area is 848 Å². The molecule has 0 aliphatic carbocycles. The van der Waals surface area contributed by atoms with Crippen molar-refractivity contribution in [2.24, 2.45) is 0 Å². The van der Waals surface area contributed by atoms with Crippen molar-refractivity contribution in [2.75, 3.05) is 0 Å². The van der Waals surface area contributed by atoms with Gasteiger partial charge in [0.05, 0.1) is 0 Å². The van der Waals surface area contributed by atoms with Crippen LogP contribution in [0.15, 0.2) is 365 Å². The fourth-order valence-electron chi connectivity index (χ4n) is 11.6. The van der Waals surface area contributed by atoms with Crippen LogP contribution in [0.5, 0.6) is 0 Å². The van der Waals surface area contributed by atoms with Gasteiger partial charge in [0.1, 0.15) is 17.7 Å². The molecule has 12 aromatic heterocycles. The largest absolute Gasteiger partial charge is 3.00 e. The Morgan fingerprint density at radius 2 is 0.555 bits per heavy atom. The number of aromatic carboxylic acids is 1. The Kier molecular flexibility index (Phi) is 47.1. The van der Waals surface area contributed by atoms with Crippen LogP contribution in [0.2, 0.25) is 0 Å². The number of aromatic nitrogens is 16. The molecule has 0 atom stereocenters. The van der Waals surface area contributed by atoms with Crippen molar-refractivity contribution in [3.8, 4) is 96.0 Å². The third-order valence-electron chi connectivity index (χ3n) is 18.2. The van der Waals surface area contributed by atoms with E-state index >= 15 is 0 Å². The molecule has 0 spiro atoms. The van der Waals surface area contributed by atoms with E-state index in [1.807, 2.05) is 213 Å². The van der Waals surface area contributed by atoms with Crippen LogP contribution in [-0.4, -0.2) is 80.9 Å². The van der Waals surface area contributed by atoms with Crippen LogP contribution in [0.4, 0.5) is 26.3 Å². The topological polar surface area (TPSA) is 238 Å². The molecule has 0 aliphatic heterocycles. The number of alkyl halides is 6. The fraction of sp³-hybridized carbons (Fsp3) is 0.119. The Bertz CT molecular complexity index is 5950. The number of carboxylic acid groups (broad SMARTS) is 1. The van der Waals surface area contributed by atoms with Crippen LogP contribution in [0, 0.1) is 90.9 Å². The molecule has 0 fully saturated rings. The summed E-state index contributed by atoms with van der Waals surface area (Å²) in [5.41, 5.74) is 23.3. The quantitative estimate of drug-likeness (QED) is 0.0989. The van der Waals surface area contributed by atoms with Crippen LogP contribution in [0.1, 0.15) is 87.4 Å². The predicted molar refractivity (Wildman–Crippen MR) is 506 cm³/mol. The Morgan fingerprint density at radius 1 is 0.307 bits per heavy atom. The molecule has 0 bridgehead atoms. The van der Waals surface area contributed by atoms with Gasteiger partial charge in [-0.15, -0.1) is 224 Å². The second-order valence-corrected chi connectivity index (χ2v) is 30.2. The first-order valence-electron chi connectivity index (χ1n) is 41.5. The van der Waals surface area contributed by atoms with Gasteiger partial charge in [0.15, 0.2) is 0 Å². The molecule has 0 unspecified atom stereocenters. The van der Waals surface area contributed by atoms with E-state index < -0.39 is 29.8 Å². The average Bonchev–Trinajstić information content (AvgIpc) is 1.69. The minimum atomic E-state index is -4.52. The van der Waals surface area contributed by atoms with Crippen molar-refractivity contribution in [3.63, 3.8) is 0 Å². The molecule has 18 nitrogen and oxygen atoms in total. The first-order chi connectivity index (χ1) is 64.1. The number of hydrogen-bond donors (Lipinski definition) is 1. The van der Waals surface area contributed by atoms with Crippen molar-refractivity contribution in [2.45, 2.75) is 87.0 Å². The standard InChI is InChI=1S/C12H14N3.6C12H10N.C10H7F3N3.C9H5F3N3.C6H5NO2.4Ir/c1-12(2,3)11-8-10(14-15-11)9-6-4-5-7-13-9;6*1-10-5-4-6-11(9-10)12-7-2-3-8-13-12;1-7-3-2-4-8(5-7)16-6-14-9(15-16)10(11,12)13;10-9(11,12)8-5-7(14-15-8)6-3-1-2-4-13-6;8-6(9)5-3-1-2-4-7-5;;;;/h4-8H,1-3H3;6*2-5,7-9H,1H3;2-3,5-6H,1H3;1-5H;1-4H,(H,8,9);;;;/q9*-1;;;;2*+3. The van der Waals surface area contributed by atoms with Gasteiger partial charge in [-0.1, -0.05) is 178 Å². The molecule has 137 heavy (non-hydrogen) atoms. The summed E-state index contributed by atoms with van der Waals surface area (Å²) in [6, 6.07) is 117. The van der Waals surface area contributed by atoms with E-state index in [1.165, 1.54) is 51.8 Å². The van der Waals surface area contributed by atoms with Crippen molar-refractivity contribution < 1.29 is 117 Å². The van der Waals surface area contributed by atoms with Gasteiger partial charge < -0.3 is 55.4 Å². The summed E-state index contributed by atoms with van der Waals surface area (Å²) in [6.45, 7) is 20.6. The van der Waals surface area contributed by atoms with E-state index in [0.29, 0.717) is 11.4 Å². The maximum Gasteiger partial charge on any atom is 3.00 e. The molecule has 0 amide bonds. The molecule has 1 N–H and O–H groups in total. The van der Waals surface area contributed by atoms with E-state index in [-0.39, 0.29) is 97.2 Å². The number of nitrogens with zero attached hydrogens (tertiary/aromatic N) is 16. The van der Waals surface area contributed by atoms with Crippen LogP contribution in [-0.2, 0) is 98.2 Å². The van der Waals surface area contributed by atoms with Crippen LogP contribution in [0.25, 0.3) is 96.0 Å². The van der Waals surface area contributed by atoms with E-state index in [1.54, 1.807) is 91.9 Å². The number of carbonyl (C=O) groups is 1. The first kappa shape index (κ1) is 112. The maximum atomic E-state index is 12.2. The van der Waals surface area contributed by atoms with Gasteiger partial charge in [-0.25, -0.2) is 19.4 Å². The molecule has 19 aromatic rings. The first-order valence-corrected chi connectivity index (χ1v) is 41.5. The molecule has 28 heteroatoms. The zero-order valence-corrected chi connectivity index (χ0v) is 85.3. The monoisotopic (exact) mass is 2540 g/mol. The fourth-order valence-corrected chi connectivity index (χ4v) is 11.6. The summed E-state index contributed by atoms with van der Waals surface area (Å²) >= 11 is 0. The molecule has 0 saturated carbocycles. The zero-order chi connectivity index (χ0) is 94.8. The van der Waals surface area contributed by atoms with Gasteiger partial charge in [-0.2, -0.15) is 50.1 Å². The van der Waals surface area contributed by atoms with E-state index in [0.717, 1.165) is 107 Å². The number of rotatable bonds is 10. The van der Waals surface area contributed by atoms with Crippen molar-refractivity contribution in [1.82, 2.24) is 80.0 Å². The van der Waals surface area contributed by atoms with Gasteiger partial charge in [0.25, 0.3) is 5.82 Å². The molecule has 0 saturated heterocycles. The van der Waals surface area contributed by atoms with Gasteiger partial charge in [-0.05, 0) is 119 Å². The molecular weight excluding hydrogens is 2450 g/mol. The molecular formula is C109H91F6Ir4N16O2-3. The minimum Gasteiger partial charge on any atom is -0.573 e. The summed E-state index contributed by atoms with van der Waals surface area (Å²) < 4.78 is 74.4. The molecule has 19 rings (SSSR count). The van der Waals surface area contributed by atoms with Crippen LogP contribution >= 0.6 is 0 Å². The van der Waals surface area contributed by atoms with Crippen molar-refractivity contribution in [1.29, 1.82) is 0 Å². The van der Waals surface area contributed by atoms with Gasteiger partial charge in [0, 0.05) is 118 Å². The third-order valence-corrected chi connectivity index (χ3v) is 18.2. The van der Waals surface area contributed by atoms with Gasteiger partial charge >= 0.3 is 58.5 Å². The van der Waals surface area contributed by atoms with Crippen LogP contribution in [0.3, 0.4) is 0 Å². The summed E-state index contributed by atoms with van der Waals surface area (Å²) in [5.74, 6) is -2.14. The maximum absolute atomic E-state index is 12.2. The second-order valence-electron chi connectivity index (χ2n) is 30.2. The van der Waals surface area contributed by atoms with Gasteiger partial charge in [-0.3, -0.25) is 9.97 Å². The summed E-state index contributed by atoms with van der Waals surface area (Å²) in [6.07, 6.45) is 7.52. The second kappa shape index (κ2) is 57.7. The van der Waals surface area contributed by atoms with Crippen molar-refractivity contribution in [3.05, 3.63) is 470 Å². The van der Waals surface area contributed by atoms with Crippen molar-refractivity contribution >= 4 is 5.97 Å². The number of carboxylic acids is 1. The van der Waals surface area contributed by atoms with Crippen LogP contribution < -0.4 is 10.2 Å². The SMILES string of the molecule is CC(C)(C)c1cc(-c2ccccn2)[n-]n1.Cc1cc[c-]c(-c2ccccn2)c1.Cc1cc[c-]c(-c2ccccn2)c1.Cc1cc[c-]c(-c2ccccn2)c1.Cc1cc[c-]c(-c2ccccn2)c1.Cc1cc[c-]c(-c2ccccn2)c1.Cc1cc[c-]c(-c2ccccn2)c1.Cc1cc[c-]c(-n2cnc(C(F)(F)F)n2)c1.FC(F)(F)c1cc(-c2ccccn2)[n-]n1.O=C(O)c1ccccn1.[Ir+3].[Ir+3].[Ir].[Ir]. The molecule has 0 aliphatic rings. The minimum absolute atomic E-state index is 0. The number of pyridine rings is 9. The molecule has 2 radical (unpaired) electrons. The third kappa shape index (κ3) is 38.8. The zero-order valence-electron chi connectivity index (χ0n) is 75.8. The van der Waals surface area contributed by atoms with E-state index in [9.17, 15) is 31.1 Å². The number of hydrogen-bond acceptors (Lipinski definition) is 14. The molecule has 7 aromatic carbocycles. The number of halogens is 6. The van der Waals surface area contributed by atoms with E-state index in [4.69, 9.17) is 5.11 Å². The number of benzene rings is 7. The normalized spacial score (nSPS) is 10.2. The molecule has 12 heterocycles. The Hall–Kier alpha value is -13.9. The van der Waals surface area contributed by atoms with Gasteiger partial charge in [0.2, 0.25) is 0 Å². The predicted octanol–water partition coefficient (Wildman–Crippen LogP) is 24.8. The van der Waals surface area contributed by atoms with E-state index in [2.05, 4.69) is 217 Å². The Balaban J connectivity index is 0.000000233. The average molecular weight is 2540 g/mol. The Morgan fingerprint density at radius 3 is 0.752 bits per heavy atom. The smallest absolute Gasteiger partial charge is 0.573 e. The summed E-state index contributed by atoms with van der Waals surface area (Å²) in [5, 5.41) is 26.4. The number of aryl methyl sites for hydroxylation is 7.